The Balaban J connectivity index is 1.79. The van der Waals surface area contributed by atoms with Gasteiger partial charge in [-0.05, 0) is 29.3 Å². The Hall–Kier alpha value is -3.41. The highest BCUT2D eigenvalue weighted by Gasteiger charge is 2.47. The molecule has 5 nitrogen and oxygen atoms in total. The summed E-state index contributed by atoms with van der Waals surface area (Å²) in [6.07, 6.45) is 3.60. The van der Waals surface area contributed by atoms with Crippen LogP contribution < -0.4 is 10.6 Å². The van der Waals surface area contributed by atoms with Crippen molar-refractivity contribution in [3.05, 3.63) is 107 Å². The van der Waals surface area contributed by atoms with Crippen molar-refractivity contribution < 1.29 is 14.3 Å². The predicted molar refractivity (Wildman–Crippen MR) is 126 cm³/mol. The molecule has 3 aromatic carbocycles. The molecule has 32 heavy (non-hydrogen) atoms. The third kappa shape index (κ3) is 4.44. The normalized spacial score (nSPS) is 18.4. The molecule has 0 aromatic heterocycles. The van der Waals surface area contributed by atoms with Crippen LogP contribution in [0.2, 0.25) is 5.02 Å². The van der Waals surface area contributed by atoms with E-state index in [9.17, 15) is 9.59 Å². The lowest BCUT2D eigenvalue weighted by atomic mass is 9.88. The number of carbonyl (C=O) groups is 2. The Morgan fingerprint density at radius 1 is 1.06 bits per heavy atom. The molecule has 1 aliphatic rings. The lowest BCUT2D eigenvalue weighted by Crippen LogP contribution is -2.49. The number of hydrogen-bond donors (Lipinski definition) is 1. The number of amides is 2. The van der Waals surface area contributed by atoms with E-state index in [2.05, 4.69) is 0 Å². The molecule has 2 amide bonds. The first-order valence-electron chi connectivity index (χ1n) is 10.3. The Kier molecular flexibility index (Phi) is 6.40. The van der Waals surface area contributed by atoms with E-state index in [0.29, 0.717) is 22.8 Å². The average Bonchev–Trinajstić information content (AvgIpc) is 2.91. The van der Waals surface area contributed by atoms with Crippen molar-refractivity contribution in [1.29, 1.82) is 0 Å². The number of carbonyl (C=O) groups excluding carboxylic acids is 2. The molecule has 1 aliphatic heterocycles. The molecule has 1 unspecified atom stereocenters. The van der Waals surface area contributed by atoms with Gasteiger partial charge in [0.15, 0.2) is 5.60 Å². The fraction of sp³-hybridized carbons (Fsp3) is 0.154. The Morgan fingerprint density at radius 3 is 2.44 bits per heavy atom. The minimum atomic E-state index is -1.53. The van der Waals surface area contributed by atoms with Gasteiger partial charge in [-0.3, -0.25) is 9.59 Å². The van der Waals surface area contributed by atoms with Crippen molar-refractivity contribution in [3.63, 3.8) is 0 Å². The van der Waals surface area contributed by atoms with E-state index in [4.69, 9.17) is 22.1 Å². The second-order valence-corrected chi connectivity index (χ2v) is 8.06. The van der Waals surface area contributed by atoms with Crippen molar-refractivity contribution in [2.45, 2.75) is 18.6 Å². The second kappa shape index (κ2) is 9.39. The smallest absolute Gasteiger partial charge is 0.264 e. The number of rotatable bonds is 6. The molecule has 1 heterocycles. The van der Waals surface area contributed by atoms with Gasteiger partial charge in [0.2, 0.25) is 5.91 Å². The van der Waals surface area contributed by atoms with Gasteiger partial charge in [-0.25, -0.2) is 0 Å². The van der Waals surface area contributed by atoms with E-state index in [1.54, 1.807) is 35.2 Å². The van der Waals surface area contributed by atoms with Crippen molar-refractivity contribution in [1.82, 2.24) is 0 Å². The Labute approximate surface area is 192 Å². The Morgan fingerprint density at radius 2 is 1.75 bits per heavy atom. The molecule has 0 spiro atoms. The monoisotopic (exact) mass is 446 g/mol. The molecule has 0 saturated carbocycles. The first-order chi connectivity index (χ1) is 15.5. The number of anilines is 1. The number of primary amides is 1. The van der Waals surface area contributed by atoms with Gasteiger partial charge in [0.05, 0.1) is 13.0 Å². The third-order valence-electron chi connectivity index (χ3n) is 5.46. The van der Waals surface area contributed by atoms with Gasteiger partial charge in [-0.2, -0.15) is 0 Å². The van der Waals surface area contributed by atoms with Gasteiger partial charge in [0.25, 0.3) is 5.91 Å². The maximum absolute atomic E-state index is 14.0. The molecule has 6 heteroatoms. The van der Waals surface area contributed by atoms with E-state index in [1.807, 2.05) is 60.7 Å². The quantitative estimate of drug-likeness (QED) is 0.597. The van der Waals surface area contributed by atoms with Crippen molar-refractivity contribution in [2.75, 3.05) is 11.4 Å². The first-order valence-corrected chi connectivity index (χ1v) is 10.7. The van der Waals surface area contributed by atoms with Gasteiger partial charge < -0.3 is 15.4 Å². The first kappa shape index (κ1) is 21.8. The summed E-state index contributed by atoms with van der Waals surface area (Å²) in [5.41, 5.74) is 7.12. The van der Waals surface area contributed by atoms with E-state index in [1.165, 1.54) is 0 Å². The summed E-state index contributed by atoms with van der Waals surface area (Å²) in [6.45, 7) is 0.405. The zero-order chi connectivity index (χ0) is 22.6. The SMILES string of the molecule is NC(=O)CC1(c2ccccc2)OCc2cc(Cl)ccc2N(CC=Cc2ccccc2)C1=O. The fourth-order valence-electron chi connectivity index (χ4n) is 3.95. The molecule has 3 aromatic rings. The van der Waals surface area contributed by atoms with Crippen molar-refractivity contribution in [3.8, 4) is 0 Å². The lowest BCUT2D eigenvalue weighted by Gasteiger charge is -2.34. The number of nitrogens with two attached hydrogens (primary N) is 1. The highest BCUT2D eigenvalue weighted by Crippen LogP contribution is 2.40. The van der Waals surface area contributed by atoms with Gasteiger partial charge in [-0.15, -0.1) is 0 Å². The van der Waals surface area contributed by atoms with Crippen LogP contribution in [0.15, 0.2) is 84.9 Å². The van der Waals surface area contributed by atoms with Crippen LogP contribution in [0.5, 0.6) is 0 Å². The largest absolute Gasteiger partial charge is 0.370 e. The molecule has 2 N–H and O–H groups in total. The molecular weight excluding hydrogens is 424 g/mol. The van der Waals surface area contributed by atoms with E-state index in [0.717, 1.165) is 11.1 Å². The number of fused-ring (bicyclic) bond motifs is 1. The topological polar surface area (TPSA) is 72.6 Å². The zero-order valence-corrected chi connectivity index (χ0v) is 18.2. The zero-order valence-electron chi connectivity index (χ0n) is 17.4. The van der Waals surface area contributed by atoms with Crippen LogP contribution in [0, 0.1) is 0 Å². The summed E-state index contributed by atoms with van der Waals surface area (Å²) in [6, 6.07) is 24.2. The number of hydrogen-bond acceptors (Lipinski definition) is 3. The molecule has 0 bridgehead atoms. The minimum absolute atomic E-state index is 0.114. The van der Waals surface area contributed by atoms with Gasteiger partial charge in [0.1, 0.15) is 0 Å². The summed E-state index contributed by atoms with van der Waals surface area (Å²) in [4.78, 5) is 27.7. The lowest BCUT2D eigenvalue weighted by molar-refractivity contribution is -0.152. The predicted octanol–water partition coefficient (Wildman–Crippen LogP) is 4.69. The second-order valence-electron chi connectivity index (χ2n) is 7.63. The summed E-state index contributed by atoms with van der Waals surface area (Å²) in [5, 5.41) is 0.543. The molecule has 0 radical (unpaired) electrons. The van der Waals surface area contributed by atoms with Crippen LogP contribution in [0.25, 0.3) is 6.08 Å². The maximum atomic E-state index is 14.0. The highest BCUT2D eigenvalue weighted by atomic mass is 35.5. The van der Waals surface area contributed by atoms with Crippen molar-refractivity contribution in [2.24, 2.45) is 5.73 Å². The number of halogens is 1. The van der Waals surface area contributed by atoms with Gasteiger partial charge in [0, 0.05) is 22.8 Å². The number of nitrogens with zero attached hydrogens (tertiary/aromatic N) is 1. The van der Waals surface area contributed by atoms with Crippen molar-refractivity contribution >= 4 is 35.2 Å². The minimum Gasteiger partial charge on any atom is -0.370 e. The standard InChI is InChI=1S/C26H23ClN2O3/c27-22-13-14-23-20(16-22)18-32-26(17-24(28)30,21-11-5-2-6-12-21)25(31)29(23)15-7-10-19-8-3-1-4-9-19/h1-14,16H,15,17-18H2,(H2,28,30). The van der Waals surface area contributed by atoms with Crippen LogP contribution in [0.3, 0.4) is 0 Å². The summed E-state index contributed by atoms with van der Waals surface area (Å²) < 4.78 is 6.20. The van der Waals surface area contributed by atoms with Crippen LogP contribution in [-0.2, 0) is 26.5 Å². The van der Waals surface area contributed by atoms with E-state index in [-0.39, 0.29) is 18.9 Å². The Bertz CT molecular complexity index is 1150. The fourth-order valence-corrected chi connectivity index (χ4v) is 4.15. The van der Waals surface area contributed by atoms with Crippen LogP contribution in [-0.4, -0.2) is 18.4 Å². The summed E-state index contributed by atoms with van der Waals surface area (Å²) in [5.74, 6) is -0.966. The van der Waals surface area contributed by atoms with Crippen LogP contribution >= 0.6 is 11.6 Å². The van der Waals surface area contributed by atoms with E-state index < -0.39 is 11.5 Å². The van der Waals surface area contributed by atoms with Crippen LogP contribution in [0.1, 0.15) is 23.1 Å². The molecule has 4 rings (SSSR count). The average molecular weight is 447 g/mol. The van der Waals surface area contributed by atoms with Gasteiger partial charge >= 0.3 is 0 Å². The van der Waals surface area contributed by atoms with Crippen LogP contribution in [0.4, 0.5) is 5.69 Å². The van der Waals surface area contributed by atoms with E-state index >= 15 is 0 Å². The molecule has 0 saturated heterocycles. The third-order valence-corrected chi connectivity index (χ3v) is 5.69. The molecule has 0 fully saturated rings. The molecule has 1 atom stereocenters. The number of benzene rings is 3. The molecule has 0 aliphatic carbocycles. The maximum Gasteiger partial charge on any atom is 0.264 e. The van der Waals surface area contributed by atoms with Gasteiger partial charge in [-0.1, -0.05) is 84.4 Å². The summed E-state index contributed by atoms with van der Waals surface area (Å²) >= 11 is 6.22. The molecule has 162 valence electrons. The number of ether oxygens (including phenoxy) is 1. The summed E-state index contributed by atoms with van der Waals surface area (Å²) in [7, 11) is 0. The highest BCUT2D eigenvalue weighted by molar-refractivity contribution is 6.30. The molecular formula is C26H23ClN2O3.